The van der Waals surface area contributed by atoms with E-state index < -0.39 is 0 Å². The van der Waals surface area contributed by atoms with Crippen LogP contribution in [0.15, 0.2) is 279 Å². The van der Waals surface area contributed by atoms with E-state index in [1.807, 2.05) is 11.3 Å². The van der Waals surface area contributed by atoms with Gasteiger partial charge in [0.05, 0.1) is 11.0 Å². The maximum Gasteiger partial charge on any atom is 0.0541 e. The van der Waals surface area contributed by atoms with Gasteiger partial charge in [0.25, 0.3) is 0 Å². The molecule has 0 aliphatic heterocycles. The topological polar surface area (TPSA) is 8.17 Å². The van der Waals surface area contributed by atoms with Crippen LogP contribution >= 0.6 is 11.3 Å². The highest BCUT2D eigenvalue weighted by atomic mass is 32.1. The monoisotopic (exact) mass is 946 g/mol. The third kappa shape index (κ3) is 7.75. The molecular formula is C70H46N2S. The Hall–Kier alpha value is -9.28. The van der Waals surface area contributed by atoms with Crippen molar-refractivity contribution in [3.8, 4) is 61.3 Å². The molecule has 0 aliphatic rings. The van der Waals surface area contributed by atoms with Gasteiger partial charge < -0.3 is 9.47 Å². The molecule has 0 atom stereocenters. The average Bonchev–Trinajstić information content (AvgIpc) is 4.01. The highest BCUT2D eigenvalue weighted by Gasteiger charge is 2.17. The zero-order valence-corrected chi connectivity index (χ0v) is 40.7. The first-order valence-electron chi connectivity index (χ1n) is 25.0. The smallest absolute Gasteiger partial charge is 0.0541 e. The van der Waals surface area contributed by atoms with Crippen LogP contribution in [0, 0.1) is 0 Å². The third-order valence-electron chi connectivity index (χ3n) is 14.6. The van der Waals surface area contributed by atoms with Crippen molar-refractivity contribution in [2.45, 2.75) is 0 Å². The Balaban J connectivity index is 0.785. The molecule has 2 nitrogen and oxygen atoms in total. The Kier molecular flexibility index (Phi) is 10.4. The van der Waals surface area contributed by atoms with Crippen LogP contribution in [0.1, 0.15) is 0 Å². The van der Waals surface area contributed by atoms with E-state index in [9.17, 15) is 0 Å². The largest absolute Gasteiger partial charge is 0.311 e. The molecule has 0 amide bonds. The Labute approximate surface area is 428 Å². The lowest BCUT2D eigenvalue weighted by Gasteiger charge is -2.26. The van der Waals surface area contributed by atoms with Gasteiger partial charge in [-0.2, -0.15) is 0 Å². The average molecular weight is 947 g/mol. The van der Waals surface area contributed by atoms with E-state index >= 15 is 0 Å². The van der Waals surface area contributed by atoms with E-state index in [0.717, 1.165) is 28.3 Å². The number of nitrogens with zero attached hydrogens (tertiary/aromatic N) is 2. The molecule has 0 spiro atoms. The van der Waals surface area contributed by atoms with Crippen LogP contribution in [-0.4, -0.2) is 4.57 Å². The van der Waals surface area contributed by atoms with Gasteiger partial charge in [0, 0.05) is 53.7 Å². The zero-order valence-electron chi connectivity index (χ0n) is 39.9. The minimum absolute atomic E-state index is 1.09. The molecule has 2 aromatic heterocycles. The molecule has 0 radical (unpaired) electrons. The van der Waals surface area contributed by atoms with E-state index in [4.69, 9.17) is 0 Å². The van der Waals surface area contributed by atoms with Crippen molar-refractivity contribution in [3.05, 3.63) is 279 Å². The van der Waals surface area contributed by atoms with Gasteiger partial charge in [-0.3, -0.25) is 0 Å². The highest BCUT2D eigenvalue weighted by molar-refractivity contribution is 7.25. The lowest BCUT2D eigenvalue weighted by atomic mass is 9.96. The van der Waals surface area contributed by atoms with Crippen molar-refractivity contribution in [3.63, 3.8) is 0 Å². The van der Waals surface area contributed by atoms with Crippen molar-refractivity contribution in [1.82, 2.24) is 4.57 Å². The van der Waals surface area contributed by atoms with Crippen LogP contribution in [-0.2, 0) is 0 Å². The number of hydrogen-bond acceptors (Lipinski definition) is 2. The fourth-order valence-corrected chi connectivity index (χ4v) is 12.0. The number of aromatic nitrogens is 1. The standard InChI is InChI=1S/C70H46N2S/c1-2-12-53-44-57(28-27-47(53)11-1)55-14-9-13-54(43-55)50-25-23-48(24-26-50)49-29-36-59(37-30-49)71(61-40-33-52(34-41-61)58-35-42-66-65-19-5-8-22-69(65)73-70(66)46-58)60-38-31-51(32-39-60)56-15-10-16-62(45-56)72-67-20-6-3-17-63(67)64-18-4-7-21-68(64)72/h1-46H. The van der Waals surface area contributed by atoms with Gasteiger partial charge in [0.2, 0.25) is 0 Å². The summed E-state index contributed by atoms with van der Waals surface area (Å²) in [5.74, 6) is 0. The van der Waals surface area contributed by atoms with Gasteiger partial charge in [0.15, 0.2) is 0 Å². The normalized spacial score (nSPS) is 11.6. The van der Waals surface area contributed by atoms with Crippen molar-refractivity contribution in [2.75, 3.05) is 4.90 Å². The van der Waals surface area contributed by atoms with E-state index in [2.05, 4.69) is 289 Å². The molecular weight excluding hydrogens is 901 g/mol. The maximum absolute atomic E-state index is 2.39. The summed E-state index contributed by atoms with van der Waals surface area (Å²) in [7, 11) is 0. The number of para-hydroxylation sites is 2. The molecule has 14 aromatic rings. The lowest BCUT2D eigenvalue weighted by molar-refractivity contribution is 1.18. The van der Waals surface area contributed by atoms with Crippen molar-refractivity contribution in [2.24, 2.45) is 0 Å². The van der Waals surface area contributed by atoms with Gasteiger partial charge in [0.1, 0.15) is 0 Å². The first kappa shape index (κ1) is 42.6. The fraction of sp³-hybridized carbons (Fsp3) is 0. The molecule has 0 unspecified atom stereocenters. The van der Waals surface area contributed by atoms with E-state index in [0.29, 0.717) is 0 Å². The van der Waals surface area contributed by atoms with Gasteiger partial charge in [-0.1, -0.05) is 194 Å². The van der Waals surface area contributed by atoms with Gasteiger partial charge in [-0.15, -0.1) is 11.3 Å². The molecule has 12 aromatic carbocycles. The highest BCUT2D eigenvalue weighted by Crippen LogP contribution is 2.41. The zero-order chi connectivity index (χ0) is 48.2. The summed E-state index contributed by atoms with van der Waals surface area (Å²) in [4.78, 5) is 2.37. The molecule has 14 rings (SSSR count). The summed E-state index contributed by atoms with van der Waals surface area (Å²) in [5.41, 5.74) is 18.8. The predicted octanol–water partition coefficient (Wildman–Crippen LogP) is 20.1. The second-order valence-electron chi connectivity index (χ2n) is 18.9. The first-order chi connectivity index (χ1) is 36.1. The van der Waals surface area contributed by atoms with Crippen LogP contribution in [0.5, 0.6) is 0 Å². The third-order valence-corrected chi connectivity index (χ3v) is 15.7. The number of anilines is 3. The summed E-state index contributed by atoms with van der Waals surface area (Å²) in [6.07, 6.45) is 0. The molecule has 73 heavy (non-hydrogen) atoms. The number of hydrogen-bond donors (Lipinski definition) is 0. The quantitative estimate of drug-likeness (QED) is 0.140. The molecule has 0 saturated heterocycles. The Morgan fingerprint density at radius 2 is 0.658 bits per heavy atom. The van der Waals surface area contributed by atoms with Crippen molar-refractivity contribution < 1.29 is 0 Å². The van der Waals surface area contributed by atoms with Gasteiger partial charge >= 0.3 is 0 Å². The van der Waals surface area contributed by atoms with Gasteiger partial charge in [-0.25, -0.2) is 0 Å². The first-order valence-corrected chi connectivity index (χ1v) is 25.8. The van der Waals surface area contributed by atoms with Crippen LogP contribution in [0.3, 0.4) is 0 Å². The fourth-order valence-electron chi connectivity index (χ4n) is 10.9. The summed E-state index contributed by atoms with van der Waals surface area (Å²) >= 11 is 1.86. The number of rotatable bonds is 9. The van der Waals surface area contributed by atoms with E-state index in [1.165, 1.54) is 103 Å². The Morgan fingerprint density at radius 3 is 1.27 bits per heavy atom. The second kappa shape index (κ2) is 17.8. The Morgan fingerprint density at radius 1 is 0.247 bits per heavy atom. The number of benzene rings is 12. The predicted molar refractivity (Wildman–Crippen MR) is 313 cm³/mol. The van der Waals surface area contributed by atoms with E-state index in [1.54, 1.807) is 0 Å². The molecule has 342 valence electrons. The van der Waals surface area contributed by atoms with E-state index in [-0.39, 0.29) is 0 Å². The minimum atomic E-state index is 1.09. The molecule has 0 fully saturated rings. The van der Waals surface area contributed by atoms with Gasteiger partial charge in [-0.05, 0) is 151 Å². The van der Waals surface area contributed by atoms with Crippen molar-refractivity contribution in [1.29, 1.82) is 0 Å². The van der Waals surface area contributed by atoms with Crippen LogP contribution in [0.25, 0.3) is 114 Å². The molecule has 0 bridgehead atoms. The number of fused-ring (bicyclic) bond motifs is 7. The lowest BCUT2D eigenvalue weighted by Crippen LogP contribution is -2.09. The van der Waals surface area contributed by atoms with Crippen LogP contribution in [0.4, 0.5) is 17.1 Å². The molecule has 2 heterocycles. The molecule has 0 aliphatic carbocycles. The number of thiophene rings is 1. The summed E-state index contributed by atoms with van der Waals surface area (Å²) in [6, 6.07) is 102. The summed E-state index contributed by atoms with van der Waals surface area (Å²) in [5, 5.41) is 7.68. The second-order valence-corrected chi connectivity index (χ2v) is 20.0. The Bertz CT molecular complexity index is 4300. The minimum Gasteiger partial charge on any atom is -0.311 e. The molecule has 0 saturated carbocycles. The summed E-state index contributed by atoms with van der Waals surface area (Å²) in [6.45, 7) is 0. The molecule has 0 N–H and O–H groups in total. The SMILES string of the molecule is c1cc(-c2ccc(-c3ccc(N(c4ccc(-c5cccc(-n6c7ccccc7c7ccccc76)c5)cc4)c4ccc(-c5ccc6c(c5)sc5ccccc56)cc4)cc3)cc2)cc(-c2ccc3ccccc3c2)c1. The van der Waals surface area contributed by atoms with Crippen molar-refractivity contribution >= 4 is 81.1 Å². The van der Waals surface area contributed by atoms with Crippen LogP contribution in [0.2, 0.25) is 0 Å². The maximum atomic E-state index is 2.39. The van der Waals surface area contributed by atoms with Crippen LogP contribution < -0.4 is 4.90 Å². The summed E-state index contributed by atoms with van der Waals surface area (Å²) < 4.78 is 5.02. The molecule has 3 heteroatoms.